The molecule has 1 atom stereocenters. The molecule has 1 heterocycles. The van der Waals surface area contributed by atoms with Crippen molar-refractivity contribution in [1.82, 2.24) is 0 Å². The minimum atomic E-state index is -0.880. The fourth-order valence-corrected chi connectivity index (χ4v) is 5.40. The summed E-state index contributed by atoms with van der Waals surface area (Å²) in [6.07, 6.45) is 1.31. The average Bonchev–Trinajstić information content (AvgIpc) is 3.12. The third kappa shape index (κ3) is 5.92. The van der Waals surface area contributed by atoms with Crippen molar-refractivity contribution in [3.05, 3.63) is 118 Å². The number of halogens is 1. The lowest BCUT2D eigenvalue weighted by Crippen LogP contribution is -2.31. The zero-order valence-corrected chi connectivity index (χ0v) is 22.8. The summed E-state index contributed by atoms with van der Waals surface area (Å²) in [6.45, 7) is 2.49. The van der Waals surface area contributed by atoms with Crippen molar-refractivity contribution in [2.75, 3.05) is 16.8 Å². The van der Waals surface area contributed by atoms with Crippen molar-refractivity contribution in [3.8, 4) is 11.1 Å². The van der Waals surface area contributed by atoms with Crippen LogP contribution in [0.25, 0.3) is 11.1 Å². The maximum atomic E-state index is 13.6. The highest BCUT2D eigenvalue weighted by Crippen LogP contribution is 2.38. The molecule has 7 heteroatoms. The largest absolute Gasteiger partial charge is 0.481 e. The molecule has 1 aliphatic heterocycles. The van der Waals surface area contributed by atoms with Crippen LogP contribution in [0, 0.1) is 6.92 Å². The maximum Gasteiger partial charge on any atom is 0.303 e. The Hall–Kier alpha value is -4.42. The van der Waals surface area contributed by atoms with Crippen molar-refractivity contribution in [2.24, 2.45) is 0 Å². The van der Waals surface area contributed by atoms with Crippen molar-refractivity contribution in [1.29, 1.82) is 0 Å². The Labute approximate surface area is 238 Å². The minimum Gasteiger partial charge on any atom is -0.481 e. The number of anilines is 2. The Morgan fingerprint density at radius 1 is 0.950 bits per heavy atom. The third-order valence-electron chi connectivity index (χ3n) is 7.24. The van der Waals surface area contributed by atoms with E-state index in [1.54, 1.807) is 53.4 Å². The van der Waals surface area contributed by atoms with Gasteiger partial charge in [0.05, 0.1) is 6.42 Å². The highest BCUT2D eigenvalue weighted by atomic mass is 35.5. The number of aliphatic carboxylic acids is 1. The molecular formula is C33H29ClN2O4. The molecule has 2 amide bonds. The normalized spacial score (nSPS) is 14.7. The van der Waals surface area contributed by atoms with Crippen LogP contribution in [-0.2, 0) is 4.79 Å². The van der Waals surface area contributed by atoms with Crippen LogP contribution in [-0.4, -0.2) is 29.4 Å². The van der Waals surface area contributed by atoms with Crippen LogP contribution in [0.5, 0.6) is 0 Å². The van der Waals surface area contributed by atoms with E-state index in [0.29, 0.717) is 46.9 Å². The number of rotatable bonds is 6. The summed E-state index contributed by atoms with van der Waals surface area (Å²) in [6, 6.07) is 27.6. The van der Waals surface area contributed by atoms with E-state index in [9.17, 15) is 19.5 Å². The molecule has 0 aliphatic carbocycles. The van der Waals surface area contributed by atoms with Gasteiger partial charge in [0.1, 0.15) is 0 Å². The molecule has 0 radical (unpaired) electrons. The molecule has 2 N–H and O–H groups in total. The van der Waals surface area contributed by atoms with Crippen LogP contribution in [0.15, 0.2) is 91.0 Å². The molecule has 5 rings (SSSR count). The lowest BCUT2D eigenvalue weighted by molar-refractivity contribution is -0.137. The molecule has 0 fully saturated rings. The van der Waals surface area contributed by atoms with Gasteiger partial charge in [-0.1, -0.05) is 59.6 Å². The van der Waals surface area contributed by atoms with Gasteiger partial charge in [0.2, 0.25) is 0 Å². The van der Waals surface area contributed by atoms with Gasteiger partial charge < -0.3 is 15.3 Å². The molecule has 4 aromatic carbocycles. The summed E-state index contributed by atoms with van der Waals surface area (Å²) < 4.78 is 0. The van der Waals surface area contributed by atoms with Crippen LogP contribution < -0.4 is 10.2 Å². The number of carbonyl (C=O) groups excluding carboxylic acids is 2. The second-order valence-electron chi connectivity index (χ2n) is 10.0. The number of aryl methyl sites for hydroxylation is 1. The van der Waals surface area contributed by atoms with Gasteiger partial charge >= 0.3 is 5.97 Å². The van der Waals surface area contributed by atoms with E-state index in [1.165, 1.54) is 0 Å². The van der Waals surface area contributed by atoms with Gasteiger partial charge in [-0.05, 0) is 90.9 Å². The summed E-state index contributed by atoms with van der Waals surface area (Å²) >= 11 is 6.24. The zero-order chi connectivity index (χ0) is 28.2. The SMILES string of the molecule is Cc1ccc(-c2ccccc2C(=O)Nc2ccc(C(=O)N3CCCC(CC(=O)O)c4cc(Cl)ccc43)cc2)cc1. The Bertz CT molecular complexity index is 1560. The Balaban J connectivity index is 1.35. The van der Waals surface area contributed by atoms with E-state index in [4.69, 9.17) is 11.6 Å². The van der Waals surface area contributed by atoms with Gasteiger partial charge in [-0.3, -0.25) is 14.4 Å². The molecule has 6 nitrogen and oxygen atoms in total. The molecule has 40 heavy (non-hydrogen) atoms. The molecule has 0 bridgehead atoms. The lowest BCUT2D eigenvalue weighted by atomic mass is 9.91. The Kier molecular flexibility index (Phi) is 7.99. The molecule has 4 aromatic rings. The summed E-state index contributed by atoms with van der Waals surface area (Å²) in [4.78, 5) is 40.0. The molecule has 1 aliphatic rings. The van der Waals surface area contributed by atoms with Crippen molar-refractivity contribution < 1.29 is 19.5 Å². The number of nitrogens with one attached hydrogen (secondary N) is 1. The average molecular weight is 553 g/mol. The van der Waals surface area contributed by atoms with Crippen molar-refractivity contribution in [2.45, 2.75) is 32.1 Å². The van der Waals surface area contributed by atoms with Gasteiger partial charge in [0, 0.05) is 34.1 Å². The smallest absolute Gasteiger partial charge is 0.303 e. The van der Waals surface area contributed by atoms with Crippen LogP contribution in [0.4, 0.5) is 11.4 Å². The summed E-state index contributed by atoms with van der Waals surface area (Å²) in [5.41, 5.74) is 6.01. The molecule has 0 aromatic heterocycles. The minimum absolute atomic E-state index is 0.0171. The highest BCUT2D eigenvalue weighted by Gasteiger charge is 2.28. The number of hydrogen-bond donors (Lipinski definition) is 2. The van der Waals surface area contributed by atoms with Crippen LogP contribution >= 0.6 is 11.6 Å². The number of carbonyl (C=O) groups is 3. The first-order valence-corrected chi connectivity index (χ1v) is 13.6. The van der Waals surface area contributed by atoms with Crippen LogP contribution in [0.1, 0.15) is 57.0 Å². The third-order valence-corrected chi connectivity index (χ3v) is 7.48. The van der Waals surface area contributed by atoms with Crippen molar-refractivity contribution >= 4 is 40.8 Å². The van der Waals surface area contributed by atoms with Gasteiger partial charge in [-0.15, -0.1) is 0 Å². The van der Waals surface area contributed by atoms with Gasteiger partial charge in [-0.25, -0.2) is 0 Å². The standard InChI is InChI=1S/C33H29ClN2O4/c1-21-8-10-22(11-9-21)27-6-2-3-7-28(27)32(39)35-26-15-12-23(13-16-26)33(40)36-18-4-5-24(19-31(37)38)29-20-25(34)14-17-30(29)36/h2-3,6-17,20,24H,4-5,18-19H2,1H3,(H,35,39)(H,37,38). The first kappa shape index (κ1) is 27.2. The van der Waals surface area contributed by atoms with E-state index in [0.717, 1.165) is 22.3 Å². The number of benzene rings is 4. The number of carboxylic acid groups (broad SMARTS) is 1. The first-order chi connectivity index (χ1) is 19.3. The fraction of sp³-hybridized carbons (Fsp3) is 0.182. The van der Waals surface area contributed by atoms with Gasteiger partial charge in [0.15, 0.2) is 0 Å². The van der Waals surface area contributed by atoms with Crippen LogP contribution in [0.3, 0.4) is 0 Å². The summed E-state index contributed by atoms with van der Waals surface area (Å²) in [5.74, 6) is -1.53. The zero-order valence-electron chi connectivity index (χ0n) is 22.1. The number of fused-ring (bicyclic) bond motifs is 1. The number of nitrogens with zero attached hydrogens (tertiary/aromatic N) is 1. The number of carboxylic acids is 1. The first-order valence-electron chi connectivity index (χ1n) is 13.2. The number of amides is 2. The summed E-state index contributed by atoms with van der Waals surface area (Å²) in [5, 5.41) is 12.9. The highest BCUT2D eigenvalue weighted by molar-refractivity contribution is 6.30. The number of hydrogen-bond acceptors (Lipinski definition) is 3. The monoisotopic (exact) mass is 552 g/mol. The van der Waals surface area contributed by atoms with E-state index in [1.807, 2.05) is 49.4 Å². The topological polar surface area (TPSA) is 86.7 Å². The molecule has 0 saturated carbocycles. The van der Waals surface area contributed by atoms with E-state index in [2.05, 4.69) is 5.32 Å². The quantitative estimate of drug-likeness (QED) is 0.258. The van der Waals surface area contributed by atoms with Crippen molar-refractivity contribution in [3.63, 3.8) is 0 Å². The van der Waals surface area contributed by atoms with Gasteiger partial charge in [-0.2, -0.15) is 0 Å². The molecular weight excluding hydrogens is 524 g/mol. The fourth-order valence-electron chi connectivity index (χ4n) is 5.22. The van der Waals surface area contributed by atoms with E-state index >= 15 is 0 Å². The molecule has 1 unspecified atom stereocenters. The van der Waals surface area contributed by atoms with E-state index < -0.39 is 5.97 Å². The lowest BCUT2D eigenvalue weighted by Gasteiger charge is -2.24. The van der Waals surface area contributed by atoms with E-state index in [-0.39, 0.29) is 24.2 Å². The predicted octanol–water partition coefficient (Wildman–Crippen LogP) is 7.57. The molecule has 0 spiro atoms. The molecule has 202 valence electrons. The maximum absolute atomic E-state index is 13.6. The molecule has 0 saturated heterocycles. The second kappa shape index (κ2) is 11.8. The van der Waals surface area contributed by atoms with Gasteiger partial charge in [0.25, 0.3) is 11.8 Å². The summed E-state index contributed by atoms with van der Waals surface area (Å²) in [7, 11) is 0. The Morgan fingerprint density at radius 3 is 2.40 bits per heavy atom. The van der Waals surface area contributed by atoms with Crippen LogP contribution in [0.2, 0.25) is 5.02 Å². The second-order valence-corrected chi connectivity index (χ2v) is 10.5. The predicted molar refractivity (Wildman–Crippen MR) is 158 cm³/mol. The Morgan fingerprint density at radius 2 is 1.68 bits per heavy atom.